The minimum atomic E-state index is -4.26. The minimum Gasteiger partial charge on any atom is -0.446 e. The molecule has 2 rings (SSSR count). The number of carbonyl (C=O) groups is 1. The van der Waals surface area contributed by atoms with Crippen LogP contribution in [-0.2, 0) is 19.7 Å². The summed E-state index contributed by atoms with van der Waals surface area (Å²) in [5.74, 6) is 0. The summed E-state index contributed by atoms with van der Waals surface area (Å²) in [6.45, 7) is -0.464. The van der Waals surface area contributed by atoms with Gasteiger partial charge in [-0.25, -0.2) is 19.5 Å². The highest BCUT2D eigenvalue weighted by molar-refractivity contribution is 14.1. The van der Waals surface area contributed by atoms with E-state index in [1.165, 1.54) is 10.9 Å². The van der Waals surface area contributed by atoms with Crippen LogP contribution in [0.2, 0.25) is 0 Å². The third-order valence-corrected chi connectivity index (χ3v) is 4.26. The molecule has 1 aliphatic rings. The Morgan fingerprint density at radius 2 is 2.25 bits per heavy atom. The zero-order valence-corrected chi connectivity index (χ0v) is 14.8. The zero-order valence-electron chi connectivity index (χ0n) is 11.8. The lowest BCUT2D eigenvalue weighted by Gasteiger charge is -2.16. The number of aromatic amines is 1. The summed E-state index contributed by atoms with van der Waals surface area (Å²) in [4.78, 5) is 36.4. The second kappa shape index (κ2) is 7.18. The number of amides is 1. The maximum Gasteiger partial charge on any atom is 0.422 e. The van der Waals surface area contributed by atoms with Gasteiger partial charge in [-0.3, -0.25) is 14.3 Å². The number of halogens is 1. The zero-order chi connectivity index (χ0) is 18.1. The third kappa shape index (κ3) is 4.76. The molecule has 0 aromatic carbocycles. The standard InChI is InChI=1S/C10H13IN4O8S/c11-4-2-15(9(18)13-8(4)17)7-1-5(16)6(23-7)3-22-10(19)14-24(12,20)21/h2,5-7,16H,1,3H2,(H,14,19)(H2,12,20,21)(H,13,17,18)/t5-,6+,7+/m0/s1. The molecule has 134 valence electrons. The first kappa shape index (κ1) is 18.8. The fourth-order valence-corrected chi connectivity index (χ4v) is 2.74. The molecule has 12 nitrogen and oxygen atoms in total. The quantitative estimate of drug-likeness (QED) is 0.351. The van der Waals surface area contributed by atoms with Gasteiger partial charge in [-0.15, -0.1) is 0 Å². The number of aliphatic hydroxyl groups is 1. The van der Waals surface area contributed by atoms with Crippen LogP contribution in [0.25, 0.3) is 0 Å². The number of hydrogen-bond acceptors (Lipinski definition) is 8. The monoisotopic (exact) mass is 476 g/mol. The third-order valence-electron chi connectivity index (χ3n) is 3.04. The Kier molecular flexibility index (Phi) is 5.63. The van der Waals surface area contributed by atoms with Gasteiger partial charge in [0.15, 0.2) is 0 Å². The fourth-order valence-electron chi connectivity index (χ4n) is 2.01. The van der Waals surface area contributed by atoms with E-state index in [-0.39, 0.29) is 9.99 Å². The summed E-state index contributed by atoms with van der Waals surface area (Å²) in [5.41, 5.74) is -1.26. The number of nitrogens with zero attached hydrogens (tertiary/aromatic N) is 1. The summed E-state index contributed by atoms with van der Waals surface area (Å²) in [6, 6.07) is 0. The first-order chi connectivity index (χ1) is 11.1. The van der Waals surface area contributed by atoms with Crippen LogP contribution >= 0.6 is 22.6 Å². The molecule has 1 aromatic heterocycles. The maximum absolute atomic E-state index is 11.8. The van der Waals surface area contributed by atoms with E-state index in [1.807, 2.05) is 0 Å². The van der Waals surface area contributed by atoms with Crippen LogP contribution in [0.4, 0.5) is 4.79 Å². The van der Waals surface area contributed by atoms with Crippen molar-refractivity contribution in [1.82, 2.24) is 14.3 Å². The highest BCUT2D eigenvalue weighted by Crippen LogP contribution is 2.27. The van der Waals surface area contributed by atoms with Crippen LogP contribution in [0.3, 0.4) is 0 Å². The molecule has 24 heavy (non-hydrogen) atoms. The number of aliphatic hydroxyl groups excluding tert-OH is 1. The average molecular weight is 476 g/mol. The molecule has 14 heteroatoms. The fraction of sp³-hybridized carbons (Fsp3) is 0.500. The average Bonchev–Trinajstić information content (AvgIpc) is 2.80. The van der Waals surface area contributed by atoms with Gasteiger partial charge >= 0.3 is 22.0 Å². The van der Waals surface area contributed by atoms with Gasteiger partial charge in [0.1, 0.15) is 18.9 Å². The van der Waals surface area contributed by atoms with Crippen LogP contribution in [0.5, 0.6) is 0 Å². The normalized spacial score (nSPS) is 23.9. The molecule has 0 spiro atoms. The van der Waals surface area contributed by atoms with Crippen molar-refractivity contribution in [3.63, 3.8) is 0 Å². The maximum atomic E-state index is 11.8. The van der Waals surface area contributed by atoms with E-state index in [1.54, 1.807) is 22.6 Å². The van der Waals surface area contributed by atoms with E-state index in [4.69, 9.17) is 4.74 Å². The van der Waals surface area contributed by atoms with Gasteiger partial charge in [0.2, 0.25) is 0 Å². The minimum absolute atomic E-state index is 0.00681. The molecule has 0 radical (unpaired) electrons. The van der Waals surface area contributed by atoms with Crippen LogP contribution in [0.15, 0.2) is 15.8 Å². The summed E-state index contributed by atoms with van der Waals surface area (Å²) >= 11 is 1.73. The van der Waals surface area contributed by atoms with E-state index in [9.17, 15) is 27.9 Å². The van der Waals surface area contributed by atoms with Crippen molar-refractivity contribution in [2.24, 2.45) is 5.14 Å². The predicted molar refractivity (Wildman–Crippen MR) is 86.2 cm³/mol. The summed E-state index contributed by atoms with van der Waals surface area (Å²) in [6.07, 6.45) is -2.99. The Balaban J connectivity index is 2.02. The van der Waals surface area contributed by atoms with Crippen molar-refractivity contribution in [3.8, 4) is 0 Å². The molecule has 0 unspecified atom stereocenters. The number of nitrogens with one attached hydrogen (secondary N) is 2. The molecule has 0 aliphatic carbocycles. The second-order valence-electron chi connectivity index (χ2n) is 4.82. The first-order valence-corrected chi connectivity index (χ1v) is 9.01. The van der Waals surface area contributed by atoms with E-state index in [0.717, 1.165) is 4.57 Å². The molecule has 3 atom stereocenters. The predicted octanol–water partition coefficient (Wildman–Crippen LogP) is -2.28. The highest BCUT2D eigenvalue weighted by atomic mass is 127. The van der Waals surface area contributed by atoms with Crippen LogP contribution in [0.1, 0.15) is 12.6 Å². The number of nitrogens with two attached hydrogens (primary N) is 1. The smallest absolute Gasteiger partial charge is 0.422 e. The van der Waals surface area contributed by atoms with Crippen LogP contribution in [-0.4, -0.2) is 48.0 Å². The molecule has 0 bridgehead atoms. The van der Waals surface area contributed by atoms with E-state index in [0.29, 0.717) is 0 Å². The number of rotatable bonds is 4. The van der Waals surface area contributed by atoms with Crippen LogP contribution < -0.4 is 21.1 Å². The van der Waals surface area contributed by atoms with Gasteiger partial charge in [-0.2, -0.15) is 8.42 Å². The molecule has 1 aromatic rings. The summed E-state index contributed by atoms with van der Waals surface area (Å²) in [5, 5.41) is 14.5. The van der Waals surface area contributed by atoms with Crippen molar-refractivity contribution in [1.29, 1.82) is 0 Å². The lowest BCUT2D eigenvalue weighted by Crippen LogP contribution is -2.38. The molecule has 1 aliphatic heterocycles. The Hall–Kier alpha value is -1.49. The summed E-state index contributed by atoms with van der Waals surface area (Å²) in [7, 11) is -4.26. The molecule has 1 amide bonds. The van der Waals surface area contributed by atoms with Crippen molar-refractivity contribution < 1.29 is 27.8 Å². The van der Waals surface area contributed by atoms with Crippen molar-refractivity contribution in [2.75, 3.05) is 6.61 Å². The van der Waals surface area contributed by atoms with Gasteiger partial charge in [0.25, 0.3) is 5.56 Å². The Morgan fingerprint density at radius 1 is 1.58 bits per heavy atom. The Bertz CT molecular complexity index is 849. The number of aromatic nitrogens is 2. The van der Waals surface area contributed by atoms with E-state index < -0.39 is 52.6 Å². The van der Waals surface area contributed by atoms with Crippen LogP contribution in [0, 0.1) is 3.57 Å². The lowest BCUT2D eigenvalue weighted by atomic mass is 10.2. The highest BCUT2D eigenvalue weighted by Gasteiger charge is 2.36. The molecule has 1 saturated heterocycles. The van der Waals surface area contributed by atoms with Gasteiger partial charge in [-0.1, -0.05) is 0 Å². The van der Waals surface area contributed by atoms with Crippen molar-refractivity contribution >= 4 is 38.9 Å². The van der Waals surface area contributed by atoms with E-state index >= 15 is 0 Å². The topological polar surface area (TPSA) is 183 Å². The number of hydrogen-bond donors (Lipinski definition) is 4. The van der Waals surface area contributed by atoms with Gasteiger partial charge in [0.05, 0.1) is 9.67 Å². The molecular weight excluding hydrogens is 463 g/mol. The first-order valence-electron chi connectivity index (χ1n) is 6.38. The van der Waals surface area contributed by atoms with Gasteiger partial charge in [0, 0.05) is 12.6 Å². The largest absolute Gasteiger partial charge is 0.446 e. The number of carbonyl (C=O) groups excluding carboxylic acids is 1. The molecular formula is C10H13IN4O8S. The summed E-state index contributed by atoms with van der Waals surface area (Å²) < 4.78 is 34.0. The molecule has 0 saturated carbocycles. The Labute approximate surface area is 148 Å². The Morgan fingerprint density at radius 3 is 2.88 bits per heavy atom. The SMILES string of the molecule is NS(=O)(=O)NC(=O)OC[C@H]1O[C@@H](n2cc(I)c(=O)[nH]c2=O)C[C@@H]1O. The number of ether oxygens (including phenoxy) is 2. The molecule has 1 fully saturated rings. The lowest BCUT2D eigenvalue weighted by molar-refractivity contribution is -0.0484. The van der Waals surface area contributed by atoms with Crippen molar-refractivity contribution in [2.45, 2.75) is 24.9 Å². The molecule has 2 heterocycles. The van der Waals surface area contributed by atoms with Gasteiger partial charge < -0.3 is 14.6 Å². The van der Waals surface area contributed by atoms with Crippen molar-refractivity contribution in [3.05, 3.63) is 30.6 Å². The molecule has 5 N–H and O–H groups in total. The van der Waals surface area contributed by atoms with E-state index in [2.05, 4.69) is 14.9 Å². The second-order valence-corrected chi connectivity index (χ2v) is 7.28. The number of H-pyrrole nitrogens is 1. The van der Waals surface area contributed by atoms with Gasteiger partial charge in [-0.05, 0) is 22.6 Å².